The van der Waals surface area contributed by atoms with Crippen LogP contribution in [-0.4, -0.2) is 29.7 Å². The molecule has 148 valence electrons. The van der Waals surface area contributed by atoms with Crippen LogP contribution in [0.3, 0.4) is 0 Å². The molecule has 8 heteroatoms. The molecule has 0 atom stereocenters. The number of nitrogens with zero attached hydrogens (tertiary/aromatic N) is 7. The summed E-state index contributed by atoms with van der Waals surface area (Å²) in [6, 6.07) is 17.1. The molecule has 0 spiro atoms. The predicted molar refractivity (Wildman–Crippen MR) is 116 cm³/mol. The van der Waals surface area contributed by atoms with E-state index in [-0.39, 0.29) is 0 Å². The maximum absolute atomic E-state index is 9.41. The molecule has 0 aliphatic rings. The minimum Gasteiger partial charge on any atom is -0.383 e. The molecule has 2 N–H and O–H groups in total. The van der Waals surface area contributed by atoms with Crippen molar-refractivity contribution < 1.29 is 0 Å². The number of hydrogen-bond donors (Lipinski definition) is 1. The van der Waals surface area contributed by atoms with Gasteiger partial charge in [0.2, 0.25) is 0 Å². The van der Waals surface area contributed by atoms with E-state index in [2.05, 4.69) is 26.0 Å². The van der Waals surface area contributed by atoms with Crippen molar-refractivity contribution in [3.8, 4) is 28.7 Å². The lowest BCUT2D eigenvalue weighted by molar-refractivity contribution is 0.704. The Kier molecular flexibility index (Phi) is 4.54. The Morgan fingerprint density at radius 2 is 1.81 bits per heavy atom. The van der Waals surface area contributed by atoms with Crippen LogP contribution in [-0.2, 0) is 6.54 Å². The quantitative estimate of drug-likeness (QED) is 0.487. The Hall–Kier alpha value is -4.64. The normalized spacial score (nSPS) is 10.8. The van der Waals surface area contributed by atoms with E-state index in [1.165, 1.54) is 0 Å². The number of benzene rings is 1. The molecule has 0 radical (unpaired) electrons. The van der Waals surface area contributed by atoms with Crippen molar-refractivity contribution in [1.82, 2.24) is 29.7 Å². The molecule has 0 saturated carbocycles. The SMILES string of the molecule is N#Cc1ccccc1Cn1nc(-c2ncc(-c3ccncc3)c(N)n2)c2cccnc21. The minimum atomic E-state index is 0.359. The molecule has 1 aromatic carbocycles. The molecule has 5 aromatic rings. The highest BCUT2D eigenvalue weighted by atomic mass is 15.3. The first-order chi connectivity index (χ1) is 15.2. The van der Waals surface area contributed by atoms with Crippen molar-refractivity contribution >= 4 is 16.9 Å². The summed E-state index contributed by atoms with van der Waals surface area (Å²) in [5, 5.41) is 15.0. The number of pyridine rings is 2. The fourth-order valence-electron chi connectivity index (χ4n) is 3.48. The number of anilines is 1. The zero-order valence-electron chi connectivity index (χ0n) is 16.3. The first kappa shape index (κ1) is 18.4. The number of nitriles is 1. The molecule has 0 aliphatic heterocycles. The average Bonchev–Trinajstić information content (AvgIpc) is 3.18. The third-order valence-electron chi connectivity index (χ3n) is 4.99. The van der Waals surface area contributed by atoms with Gasteiger partial charge in [-0.15, -0.1) is 0 Å². The van der Waals surface area contributed by atoms with Gasteiger partial charge in [-0.1, -0.05) is 18.2 Å². The first-order valence-corrected chi connectivity index (χ1v) is 9.57. The van der Waals surface area contributed by atoms with E-state index in [9.17, 15) is 5.26 Å². The second-order valence-corrected chi connectivity index (χ2v) is 6.88. The van der Waals surface area contributed by atoms with Crippen LogP contribution < -0.4 is 5.73 Å². The molecule has 0 saturated heterocycles. The topological polar surface area (TPSA) is 119 Å². The molecular weight excluding hydrogens is 388 g/mol. The summed E-state index contributed by atoms with van der Waals surface area (Å²) in [7, 11) is 0. The first-order valence-electron chi connectivity index (χ1n) is 9.57. The molecule has 0 amide bonds. The summed E-state index contributed by atoms with van der Waals surface area (Å²) in [6.45, 7) is 0.405. The van der Waals surface area contributed by atoms with Gasteiger partial charge in [-0.05, 0) is 41.5 Å². The van der Waals surface area contributed by atoms with E-state index in [1.807, 2.05) is 42.5 Å². The van der Waals surface area contributed by atoms with Gasteiger partial charge in [0.25, 0.3) is 0 Å². The van der Waals surface area contributed by atoms with Crippen LogP contribution in [0.15, 0.2) is 73.3 Å². The summed E-state index contributed by atoms with van der Waals surface area (Å²) in [5.74, 6) is 0.776. The summed E-state index contributed by atoms with van der Waals surface area (Å²) in [4.78, 5) is 17.6. The molecule has 4 heterocycles. The highest BCUT2D eigenvalue weighted by molar-refractivity contribution is 5.89. The van der Waals surface area contributed by atoms with Crippen LogP contribution >= 0.6 is 0 Å². The fourth-order valence-corrected chi connectivity index (χ4v) is 3.48. The predicted octanol–water partition coefficient (Wildman–Crippen LogP) is 3.45. The van der Waals surface area contributed by atoms with Crippen molar-refractivity contribution in [3.05, 3.63) is 84.4 Å². The third kappa shape index (κ3) is 3.34. The number of rotatable bonds is 4. The third-order valence-corrected chi connectivity index (χ3v) is 4.99. The summed E-state index contributed by atoms with van der Waals surface area (Å²) >= 11 is 0. The Labute approximate surface area is 177 Å². The zero-order valence-corrected chi connectivity index (χ0v) is 16.3. The molecule has 0 fully saturated rings. The van der Waals surface area contributed by atoms with E-state index >= 15 is 0 Å². The van der Waals surface area contributed by atoms with Crippen LogP contribution in [0.25, 0.3) is 33.7 Å². The highest BCUT2D eigenvalue weighted by Gasteiger charge is 2.18. The van der Waals surface area contributed by atoms with Crippen LogP contribution in [0.2, 0.25) is 0 Å². The van der Waals surface area contributed by atoms with Crippen molar-refractivity contribution in [2.24, 2.45) is 0 Å². The highest BCUT2D eigenvalue weighted by Crippen LogP contribution is 2.29. The molecule has 0 unspecified atom stereocenters. The van der Waals surface area contributed by atoms with Crippen LogP contribution in [0.1, 0.15) is 11.1 Å². The second-order valence-electron chi connectivity index (χ2n) is 6.88. The molecule has 31 heavy (non-hydrogen) atoms. The van der Waals surface area contributed by atoms with Crippen LogP contribution in [0, 0.1) is 11.3 Å². The monoisotopic (exact) mass is 404 g/mol. The Bertz CT molecular complexity index is 1430. The fraction of sp³-hybridized carbons (Fsp3) is 0.0435. The zero-order chi connectivity index (χ0) is 21.2. The average molecular weight is 404 g/mol. The van der Waals surface area contributed by atoms with E-state index in [4.69, 9.17) is 10.8 Å². The van der Waals surface area contributed by atoms with Gasteiger partial charge in [0, 0.05) is 30.4 Å². The minimum absolute atomic E-state index is 0.359. The molecule has 0 bridgehead atoms. The molecular formula is C23H16N8. The lowest BCUT2D eigenvalue weighted by Gasteiger charge is -2.06. The van der Waals surface area contributed by atoms with Crippen molar-refractivity contribution in [1.29, 1.82) is 5.26 Å². The van der Waals surface area contributed by atoms with Gasteiger partial charge in [-0.25, -0.2) is 19.6 Å². The number of fused-ring (bicyclic) bond motifs is 1. The number of nitrogens with two attached hydrogens (primary N) is 1. The van der Waals surface area contributed by atoms with E-state index in [1.54, 1.807) is 35.5 Å². The van der Waals surface area contributed by atoms with Gasteiger partial charge in [0.1, 0.15) is 11.5 Å². The molecule has 4 aromatic heterocycles. The summed E-state index contributed by atoms with van der Waals surface area (Å²) in [5.41, 5.74) is 10.6. The number of hydrogen-bond acceptors (Lipinski definition) is 7. The molecule has 0 aliphatic carbocycles. The van der Waals surface area contributed by atoms with Gasteiger partial charge >= 0.3 is 0 Å². The molecule has 5 rings (SSSR count). The van der Waals surface area contributed by atoms with Crippen molar-refractivity contribution in [2.45, 2.75) is 6.54 Å². The summed E-state index contributed by atoms with van der Waals surface area (Å²) < 4.78 is 1.76. The van der Waals surface area contributed by atoms with Crippen LogP contribution in [0.4, 0.5) is 5.82 Å². The van der Waals surface area contributed by atoms with Gasteiger partial charge in [-0.2, -0.15) is 10.4 Å². The molecule has 8 nitrogen and oxygen atoms in total. The Balaban J connectivity index is 1.60. The van der Waals surface area contributed by atoms with E-state index < -0.39 is 0 Å². The van der Waals surface area contributed by atoms with Gasteiger partial charge in [-0.3, -0.25) is 4.98 Å². The van der Waals surface area contributed by atoms with E-state index in [0.717, 1.165) is 22.1 Å². The maximum Gasteiger partial charge on any atom is 0.182 e. The maximum atomic E-state index is 9.41. The Morgan fingerprint density at radius 3 is 2.61 bits per heavy atom. The lowest BCUT2D eigenvalue weighted by Crippen LogP contribution is -2.05. The van der Waals surface area contributed by atoms with Crippen molar-refractivity contribution in [2.75, 3.05) is 5.73 Å². The van der Waals surface area contributed by atoms with Crippen molar-refractivity contribution in [3.63, 3.8) is 0 Å². The van der Waals surface area contributed by atoms with Gasteiger partial charge in [0.15, 0.2) is 11.5 Å². The second kappa shape index (κ2) is 7.65. The smallest absolute Gasteiger partial charge is 0.182 e. The standard InChI is InChI=1S/C23H16N8/c24-12-16-4-1-2-5-17(16)14-31-23-18(6-3-9-27-23)20(30-31)22-28-13-19(21(25)29-22)15-7-10-26-11-8-15/h1-11,13H,14H2,(H2,25,28,29). The summed E-state index contributed by atoms with van der Waals surface area (Å²) in [6.07, 6.45) is 6.80. The van der Waals surface area contributed by atoms with Gasteiger partial charge in [0.05, 0.1) is 23.6 Å². The number of aromatic nitrogens is 6. The lowest BCUT2D eigenvalue weighted by atomic mass is 10.1. The number of nitrogen functional groups attached to an aromatic ring is 1. The largest absolute Gasteiger partial charge is 0.383 e. The van der Waals surface area contributed by atoms with Crippen LogP contribution in [0.5, 0.6) is 0 Å². The Morgan fingerprint density at radius 1 is 0.968 bits per heavy atom. The van der Waals surface area contributed by atoms with E-state index in [0.29, 0.717) is 35.1 Å². The van der Waals surface area contributed by atoms with Gasteiger partial charge < -0.3 is 5.73 Å².